The lowest BCUT2D eigenvalue weighted by Crippen LogP contribution is -2.47. The predicted octanol–water partition coefficient (Wildman–Crippen LogP) is 3.71. The van der Waals surface area contributed by atoms with E-state index in [-0.39, 0.29) is 5.82 Å². The highest BCUT2D eigenvalue weighted by Crippen LogP contribution is 2.27. The van der Waals surface area contributed by atoms with Gasteiger partial charge in [0.15, 0.2) is 0 Å². The van der Waals surface area contributed by atoms with Gasteiger partial charge in [-0.05, 0) is 49.9 Å². The van der Waals surface area contributed by atoms with Gasteiger partial charge in [-0.15, -0.1) is 0 Å². The van der Waals surface area contributed by atoms with Gasteiger partial charge in [-0.25, -0.2) is 14.4 Å². The van der Waals surface area contributed by atoms with Gasteiger partial charge >= 0.3 is 0 Å². The zero-order chi connectivity index (χ0) is 18.6. The van der Waals surface area contributed by atoms with Crippen LogP contribution in [0.15, 0.2) is 36.7 Å². The third-order valence-electron chi connectivity index (χ3n) is 5.83. The summed E-state index contributed by atoms with van der Waals surface area (Å²) in [6.07, 6.45) is 6.69. The maximum atomic E-state index is 13.1. The second-order valence-electron chi connectivity index (χ2n) is 7.44. The van der Waals surface area contributed by atoms with Crippen LogP contribution in [0.5, 0.6) is 0 Å². The Morgan fingerprint density at radius 2 is 1.63 bits per heavy atom. The molecule has 2 aliphatic heterocycles. The number of halogens is 1. The molecule has 0 aliphatic carbocycles. The summed E-state index contributed by atoms with van der Waals surface area (Å²) in [4.78, 5) is 16.2. The molecule has 0 radical (unpaired) electrons. The fraction of sp³-hybridized carbons (Fsp3) is 0.524. The van der Waals surface area contributed by atoms with Gasteiger partial charge in [0.25, 0.3) is 0 Å². The molecule has 0 saturated carbocycles. The number of hydrogen-bond donors (Lipinski definition) is 0. The second-order valence-corrected chi connectivity index (χ2v) is 7.44. The molecule has 2 fully saturated rings. The summed E-state index contributed by atoms with van der Waals surface area (Å²) >= 11 is 0. The Kier molecular flexibility index (Phi) is 5.41. The molecule has 5 nitrogen and oxygen atoms in total. The van der Waals surface area contributed by atoms with Crippen molar-refractivity contribution < 1.29 is 4.39 Å². The molecule has 2 aromatic rings. The van der Waals surface area contributed by atoms with E-state index in [0.29, 0.717) is 6.04 Å². The third kappa shape index (κ3) is 3.99. The first kappa shape index (κ1) is 18.0. The minimum absolute atomic E-state index is 0.186. The van der Waals surface area contributed by atoms with Crippen LogP contribution >= 0.6 is 0 Å². The first-order valence-corrected chi connectivity index (χ1v) is 10.1. The summed E-state index contributed by atoms with van der Waals surface area (Å²) in [5.41, 5.74) is 1.08. The number of anilines is 3. The van der Waals surface area contributed by atoms with Crippen molar-refractivity contribution in [3.63, 3.8) is 0 Å². The molecule has 3 heterocycles. The molecule has 2 aliphatic rings. The monoisotopic (exact) mass is 369 g/mol. The van der Waals surface area contributed by atoms with Crippen LogP contribution in [0.4, 0.5) is 21.7 Å². The molecular formula is C21H28FN5. The highest BCUT2D eigenvalue weighted by molar-refractivity contribution is 5.53. The van der Waals surface area contributed by atoms with Crippen molar-refractivity contribution in [1.82, 2.24) is 9.97 Å². The van der Waals surface area contributed by atoms with E-state index in [1.807, 2.05) is 12.1 Å². The normalized spacial score (nSPS) is 20.8. The number of aromatic nitrogens is 2. The number of benzene rings is 1. The van der Waals surface area contributed by atoms with E-state index in [2.05, 4.69) is 37.7 Å². The quantitative estimate of drug-likeness (QED) is 0.821. The zero-order valence-electron chi connectivity index (χ0n) is 16.0. The van der Waals surface area contributed by atoms with Gasteiger partial charge in [0, 0.05) is 50.5 Å². The number of nitrogens with zero attached hydrogens (tertiary/aromatic N) is 5. The number of piperidine rings is 1. The van der Waals surface area contributed by atoms with Crippen LogP contribution in [0.2, 0.25) is 0 Å². The van der Waals surface area contributed by atoms with Gasteiger partial charge in [0.05, 0.1) is 0 Å². The van der Waals surface area contributed by atoms with E-state index in [9.17, 15) is 4.39 Å². The number of rotatable bonds is 4. The first-order chi connectivity index (χ1) is 13.2. The standard InChI is InChI=1S/C21H28FN5/c1-2-18-5-3-4-10-27(18)21-15-20(23-16-24-21)26-13-11-25(12-14-26)19-8-6-17(22)7-9-19/h6-9,15-16,18H,2-5,10-14H2,1H3. The van der Waals surface area contributed by atoms with Gasteiger partial charge < -0.3 is 14.7 Å². The molecule has 6 heteroatoms. The highest BCUT2D eigenvalue weighted by atomic mass is 19.1. The topological polar surface area (TPSA) is 35.5 Å². The summed E-state index contributed by atoms with van der Waals surface area (Å²) in [5, 5.41) is 0. The Balaban J connectivity index is 1.43. The zero-order valence-corrected chi connectivity index (χ0v) is 16.0. The Bertz CT molecular complexity index is 742. The van der Waals surface area contributed by atoms with Crippen LogP contribution in [0.3, 0.4) is 0 Å². The smallest absolute Gasteiger partial charge is 0.134 e. The Labute approximate surface area is 160 Å². The second kappa shape index (κ2) is 8.11. The lowest BCUT2D eigenvalue weighted by atomic mass is 10.00. The Morgan fingerprint density at radius 3 is 2.37 bits per heavy atom. The van der Waals surface area contributed by atoms with Crippen LogP contribution in [-0.4, -0.2) is 48.7 Å². The van der Waals surface area contributed by atoms with Crippen LogP contribution in [-0.2, 0) is 0 Å². The third-order valence-corrected chi connectivity index (χ3v) is 5.83. The summed E-state index contributed by atoms with van der Waals surface area (Å²) in [6, 6.07) is 9.52. The Hall–Kier alpha value is -2.37. The lowest BCUT2D eigenvalue weighted by molar-refractivity contribution is 0.446. The van der Waals surface area contributed by atoms with Gasteiger partial charge in [0.1, 0.15) is 23.8 Å². The molecule has 0 bridgehead atoms. The lowest BCUT2D eigenvalue weighted by Gasteiger charge is -2.38. The van der Waals surface area contributed by atoms with E-state index in [1.54, 1.807) is 6.33 Å². The predicted molar refractivity (Wildman–Crippen MR) is 108 cm³/mol. The maximum absolute atomic E-state index is 13.1. The van der Waals surface area contributed by atoms with Crippen molar-refractivity contribution in [1.29, 1.82) is 0 Å². The van der Waals surface area contributed by atoms with E-state index in [1.165, 1.54) is 31.4 Å². The molecule has 27 heavy (non-hydrogen) atoms. The molecule has 0 amide bonds. The van der Waals surface area contributed by atoms with Crippen LogP contribution in [0.25, 0.3) is 0 Å². The van der Waals surface area contributed by atoms with Crippen LogP contribution in [0, 0.1) is 5.82 Å². The fourth-order valence-corrected chi connectivity index (χ4v) is 4.24. The SMILES string of the molecule is CCC1CCCCN1c1cc(N2CCN(c3ccc(F)cc3)CC2)ncn1. The molecule has 144 valence electrons. The van der Waals surface area contributed by atoms with Crippen molar-refractivity contribution in [2.75, 3.05) is 47.4 Å². The average Bonchev–Trinajstić information content (AvgIpc) is 2.74. The molecule has 0 spiro atoms. The van der Waals surface area contributed by atoms with Gasteiger partial charge in [-0.2, -0.15) is 0 Å². The Morgan fingerprint density at radius 1 is 0.926 bits per heavy atom. The molecule has 1 aromatic heterocycles. The van der Waals surface area contributed by atoms with Gasteiger partial charge in [-0.3, -0.25) is 0 Å². The number of piperazine rings is 1. The van der Waals surface area contributed by atoms with E-state index in [4.69, 9.17) is 0 Å². The summed E-state index contributed by atoms with van der Waals surface area (Å²) in [7, 11) is 0. The van der Waals surface area contributed by atoms with Crippen molar-refractivity contribution in [2.24, 2.45) is 0 Å². The molecule has 1 atom stereocenters. The largest absolute Gasteiger partial charge is 0.368 e. The minimum atomic E-state index is -0.186. The average molecular weight is 369 g/mol. The van der Waals surface area contributed by atoms with Gasteiger partial charge in [0.2, 0.25) is 0 Å². The summed E-state index contributed by atoms with van der Waals surface area (Å²) in [6.45, 7) is 6.99. The van der Waals surface area contributed by atoms with Gasteiger partial charge in [-0.1, -0.05) is 6.92 Å². The highest BCUT2D eigenvalue weighted by Gasteiger charge is 2.24. The van der Waals surface area contributed by atoms with Crippen molar-refractivity contribution in [2.45, 2.75) is 38.6 Å². The van der Waals surface area contributed by atoms with Crippen molar-refractivity contribution >= 4 is 17.3 Å². The molecule has 0 N–H and O–H groups in total. The van der Waals surface area contributed by atoms with Crippen molar-refractivity contribution in [3.8, 4) is 0 Å². The molecule has 2 saturated heterocycles. The van der Waals surface area contributed by atoms with Crippen molar-refractivity contribution in [3.05, 3.63) is 42.5 Å². The van der Waals surface area contributed by atoms with Crippen LogP contribution in [0.1, 0.15) is 32.6 Å². The van der Waals surface area contributed by atoms with E-state index >= 15 is 0 Å². The summed E-state index contributed by atoms with van der Waals surface area (Å²) < 4.78 is 13.1. The fourth-order valence-electron chi connectivity index (χ4n) is 4.24. The molecule has 4 rings (SSSR count). The molecule has 1 unspecified atom stereocenters. The maximum Gasteiger partial charge on any atom is 0.134 e. The van der Waals surface area contributed by atoms with Crippen LogP contribution < -0.4 is 14.7 Å². The first-order valence-electron chi connectivity index (χ1n) is 10.1. The van der Waals surface area contributed by atoms with E-state index < -0.39 is 0 Å². The summed E-state index contributed by atoms with van der Waals surface area (Å²) in [5.74, 6) is 1.89. The number of hydrogen-bond acceptors (Lipinski definition) is 5. The minimum Gasteiger partial charge on any atom is -0.368 e. The molecule has 1 aromatic carbocycles. The molecular weight excluding hydrogens is 341 g/mol. The van der Waals surface area contributed by atoms with E-state index in [0.717, 1.165) is 56.5 Å².